The van der Waals surface area contributed by atoms with Crippen LogP contribution in [-0.2, 0) is 16.0 Å². The van der Waals surface area contributed by atoms with Gasteiger partial charge in [-0.25, -0.2) is 4.39 Å². The normalized spacial score (nSPS) is 11.0. The van der Waals surface area contributed by atoms with Crippen molar-refractivity contribution in [1.29, 1.82) is 0 Å². The molecule has 0 saturated carbocycles. The predicted molar refractivity (Wildman–Crippen MR) is 96.6 cm³/mol. The highest BCUT2D eigenvalue weighted by Gasteiger charge is 2.35. The quantitative estimate of drug-likeness (QED) is 0.597. The summed E-state index contributed by atoms with van der Waals surface area (Å²) >= 11 is 0. The summed E-state index contributed by atoms with van der Waals surface area (Å²) in [7, 11) is 0. The van der Waals surface area contributed by atoms with Gasteiger partial charge in [-0.1, -0.05) is 36.4 Å². The number of carbonyl (C=O) groups excluding carboxylic acids is 2. The van der Waals surface area contributed by atoms with Crippen LogP contribution in [0.3, 0.4) is 0 Å². The molecule has 0 saturated heterocycles. The molecule has 4 nitrogen and oxygen atoms in total. The number of rotatable bonds is 7. The highest BCUT2D eigenvalue weighted by atomic mass is 19.1. The van der Waals surface area contributed by atoms with Crippen molar-refractivity contribution in [3.63, 3.8) is 0 Å². The number of benzene rings is 2. The SMILES string of the molecule is CC(C)(C(=O)NCCCc1ccccc1)C(=O)Nc1cccc(F)c1. The highest BCUT2D eigenvalue weighted by molar-refractivity contribution is 6.09. The number of anilines is 1. The minimum atomic E-state index is -1.25. The smallest absolute Gasteiger partial charge is 0.239 e. The number of halogens is 1. The van der Waals surface area contributed by atoms with Crippen LogP contribution in [0.2, 0.25) is 0 Å². The second-order valence-corrected chi connectivity index (χ2v) is 6.43. The molecule has 132 valence electrons. The van der Waals surface area contributed by atoms with Crippen LogP contribution >= 0.6 is 0 Å². The zero-order valence-corrected chi connectivity index (χ0v) is 14.5. The van der Waals surface area contributed by atoms with Crippen molar-refractivity contribution in [3.05, 3.63) is 66.0 Å². The molecule has 0 aliphatic heterocycles. The van der Waals surface area contributed by atoms with Gasteiger partial charge in [0.2, 0.25) is 11.8 Å². The maximum absolute atomic E-state index is 13.2. The third-order valence-corrected chi connectivity index (χ3v) is 3.99. The Hall–Kier alpha value is -2.69. The van der Waals surface area contributed by atoms with Crippen molar-refractivity contribution in [2.45, 2.75) is 26.7 Å². The first-order valence-corrected chi connectivity index (χ1v) is 8.29. The molecule has 25 heavy (non-hydrogen) atoms. The molecule has 0 aromatic heterocycles. The van der Waals surface area contributed by atoms with Crippen LogP contribution in [0.5, 0.6) is 0 Å². The number of amides is 2. The van der Waals surface area contributed by atoms with Crippen LogP contribution in [0.1, 0.15) is 25.8 Å². The second kappa shape index (κ2) is 8.42. The van der Waals surface area contributed by atoms with Gasteiger partial charge in [0.25, 0.3) is 0 Å². The van der Waals surface area contributed by atoms with E-state index in [2.05, 4.69) is 10.6 Å². The molecule has 0 heterocycles. The van der Waals surface area contributed by atoms with E-state index in [9.17, 15) is 14.0 Å². The van der Waals surface area contributed by atoms with Gasteiger partial charge >= 0.3 is 0 Å². The molecular weight excluding hydrogens is 319 g/mol. The molecule has 0 fully saturated rings. The number of aryl methyl sites for hydroxylation is 1. The number of carbonyl (C=O) groups is 2. The lowest BCUT2D eigenvalue weighted by Gasteiger charge is -2.22. The van der Waals surface area contributed by atoms with Crippen molar-refractivity contribution < 1.29 is 14.0 Å². The largest absolute Gasteiger partial charge is 0.355 e. The van der Waals surface area contributed by atoms with Crippen molar-refractivity contribution >= 4 is 17.5 Å². The van der Waals surface area contributed by atoms with Crippen molar-refractivity contribution in [2.75, 3.05) is 11.9 Å². The molecule has 0 radical (unpaired) electrons. The fourth-order valence-corrected chi connectivity index (χ4v) is 2.32. The minimum Gasteiger partial charge on any atom is -0.355 e. The Labute approximate surface area is 147 Å². The van der Waals surface area contributed by atoms with E-state index >= 15 is 0 Å². The summed E-state index contributed by atoms with van der Waals surface area (Å²) in [5.74, 6) is -1.27. The van der Waals surface area contributed by atoms with Gasteiger partial charge in [-0.3, -0.25) is 9.59 Å². The fourth-order valence-electron chi connectivity index (χ4n) is 2.32. The Kier molecular flexibility index (Phi) is 6.28. The molecule has 2 N–H and O–H groups in total. The number of hydrogen-bond donors (Lipinski definition) is 2. The van der Waals surface area contributed by atoms with Crippen LogP contribution in [-0.4, -0.2) is 18.4 Å². The zero-order chi connectivity index (χ0) is 18.3. The summed E-state index contributed by atoms with van der Waals surface area (Å²) in [5, 5.41) is 5.38. The van der Waals surface area contributed by atoms with E-state index in [1.54, 1.807) is 19.9 Å². The first kappa shape index (κ1) is 18.6. The zero-order valence-electron chi connectivity index (χ0n) is 14.5. The van der Waals surface area contributed by atoms with Gasteiger partial charge in [0.1, 0.15) is 11.2 Å². The summed E-state index contributed by atoms with van der Waals surface area (Å²) in [6, 6.07) is 15.6. The van der Waals surface area contributed by atoms with E-state index in [-0.39, 0.29) is 5.91 Å². The van der Waals surface area contributed by atoms with Gasteiger partial charge < -0.3 is 10.6 Å². The van der Waals surface area contributed by atoms with Crippen molar-refractivity contribution in [1.82, 2.24) is 5.32 Å². The Morgan fingerprint density at radius 3 is 2.40 bits per heavy atom. The lowest BCUT2D eigenvalue weighted by Crippen LogP contribution is -2.45. The van der Waals surface area contributed by atoms with E-state index in [0.29, 0.717) is 12.2 Å². The molecular formula is C20H23FN2O2. The average molecular weight is 342 g/mol. The minimum absolute atomic E-state index is 0.329. The van der Waals surface area contributed by atoms with Crippen LogP contribution < -0.4 is 10.6 Å². The van der Waals surface area contributed by atoms with E-state index in [0.717, 1.165) is 12.8 Å². The highest BCUT2D eigenvalue weighted by Crippen LogP contribution is 2.19. The standard InChI is InChI=1S/C20H23FN2O2/c1-20(2,19(25)23-17-12-6-11-16(21)14-17)18(24)22-13-7-10-15-8-4-3-5-9-15/h3-6,8-9,11-12,14H,7,10,13H2,1-2H3,(H,22,24)(H,23,25). The number of hydrogen-bond acceptors (Lipinski definition) is 2. The molecule has 2 aromatic carbocycles. The monoisotopic (exact) mass is 342 g/mol. The summed E-state index contributed by atoms with van der Waals surface area (Å²) < 4.78 is 13.2. The molecule has 0 atom stereocenters. The first-order chi connectivity index (χ1) is 11.9. The summed E-state index contributed by atoms with van der Waals surface area (Å²) in [6.45, 7) is 3.59. The Morgan fingerprint density at radius 2 is 1.72 bits per heavy atom. The van der Waals surface area contributed by atoms with Crippen LogP contribution in [0.15, 0.2) is 54.6 Å². The molecule has 2 rings (SSSR count). The predicted octanol–water partition coefficient (Wildman–Crippen LogP) is 3.54. The van der Waals surface area contributed by atoms with Crippen molar-refractivity contribution in [3.8, 4) is 0 Å². The Morgan fingerprint density at radius 1 is 1.00 bits per heavy atom. The third kappa shape index (κ3) is 5.41. The van der Waals surface area contributed by atoms with E-state index in [1.165, 1.54) is 23.8 Å². The van der Waals surface area contributed by atoms with Crippen LogP contribution in [0, 0.1) is 11.2 Å². The van der Waals surface area contributed by atoms with Gasteiger partial charge in [0.15, 0.2) is 0 Å². The van der Waals surface area contributed by atoms with E-state index in [4.69, 9.17) is 0 Å². The molecule has 0 spiro atoms. The average Bonchev–Trinajstić information content (AvgIpc) is 2.59. The van der Waals surface area contributed by atoms with Gasteiger partial charge in [0.05, 0.1) is 0 Å². The van der Waals surface area contributed by atoms with Gasteiger partial charge in [-0.15, -0.1) is 0 Å². The molecule has 2 aromatic rings. The summed E-state index contributed by atoms with van der Waals surface area (Å²) in [6.07, 6.45) is 1.65. The Balaban J connectivity index is 1.83. The molecule has 0 bridgehead atoms. The van der Waals surface area contributed by atoms with Crippen LogP contribution in [0.4, 0.5) is 10.1 Å². The lowest BCUT2D eigenvalue weighted by atomic mass is 9.91. The summed E-state index contributed by atoms with van der Waals surface area (Å²) in [4.78, 5) is 24.7. The topological polar surface area (TPSA) is 58.2 Å². The maximum atomic E-state index is 13.2. The Bertz CT molecular complexity index is 729. The number of nitrogens with one attached hydrogen (secondary N) is 2. The molecule has 0 unspecified atom stereocenters. The van der Waals surface area contributed by atoms with E-state index in [1.807, 2.05) is 30.3 Å². The van der Waals surface area contributed by atoms with Crippen molar-refractivity contribution in [2.24, 2.45) is 5.41 Å². The second-order valence-electron chi connectivity index (χ2n) is 6.43. The van der Waals surface area contributed by atoms with Gasteiger partial charge in [-0.05, 0) is 50.5 Å². The molecule has 0 aliphatic rings. The summed E-state index contributed by atoms with van der Waals surface area (Å²) in [5.41, 5.74) is 0.286. The molecule has 2 amide bonds. The third-order valence-electron chi connectivity index (χ3n) is 3.99. The van der Waals surface area contributed by atoms with Gasteiger partial charge in [0, 0.05) is 12.2 Å². The molecule has 5 heteroatoms. The lowest BCUT2D eigenvalue weighted by molar-refractivity contribution is -0.138. The van der Waals surface area contributed by atoms with Gasteiger partial charge in [-0.2, -0.15) is 0 Å². The van der Waals surface area contributed by atoms with Crippen LogP contribution in [0.25, 0.3) is 0 Å². The molecule has 0 aliphatic carbocycles. The fraction of sp³-hybridized carbons (Fsp3) is 0.300. The van der Waals surface area contributed by atoms with E-state index < -0.39 is 17.1 Å². The first-order valence-electron chi connectivity index (χ1n) is 8.29. The maximum Gasteiger partial charge on any atom is 0.239 e.